The molecule has 3 aromatic carbocycles. The Morgan fingerprint density at radius 1 is 0.900 bits per heavy atom. The molecule has 8 nitrogen and oxygen atoms in total. The SMILES string of the molecule is Cc1c(NC(/C=C/c2ccccc2)CC(=O)c2c(O)c3ccccc3n(C)c2=O)c(=O)n(-c2ccccc2)n1C. The van der Waals surface area contributed by atoms with Crippen LogP contribution < -0.4 is 16.4 Å². The maximum absolute atomic E-state index is 13.6. The summed E-state index contributed by atoms with van der Waals surface area (Å²) in [6, 6.07) is 25.1. The van der Waals surface area contributed by atoms with Gasteiger partial charge in [0.2, 0.25) is 0 Å². The summed E-state index contributed by atoms with van der Waals surface area (Å²) in [5.41, 5.74) is 2.08. The van der Waals surface area contributed by atoms with Crippen molar-refractivity contribution in [2.45, 2.75) is 19.4 Å². The molecular formula is C32H30N4O4. The van der Waals surface area contributed by atoms with Crippen molar-refractivity contribution in [2.75, 3.05) is 5.32 Å². The van der Waals surface area contributed by atoms with E-state index in [-0.39, 0.29) is 23.3 Å². The minimum Gasteiger partial charge on any atom is -0.506 e. The number of ketones is 1. The van der Waals surface area contributed by atoms with Crippen molar-refractivity contribution in [3.63, 3.8) is 0 Å². The number of nitrogens with one attached hydrogen (secondary N) is 1. The number of carbonyl (C=O) groups excluding carboxylic acids is 1. The van der Waals surface area contributed by atoms with Crippen LogP contribution in [0.15, 0.2) is 101 Å². The maximum Gasteiger partial charge on any atom is 0.295 e. The Hall–Kier alpha value is -5.11. The fraction of sp³-hybridized carbons (Fsp3) is 0.156. The molecule has 0 spiro atoms. The van der Waals surface area contributed by atoms with E-state index in [0.717, 1.165) is 5.56 Å². The van der Waals surface area contributed by atoms with Crippen molar-refractivity contribution in [3.8, 4) is 11.4 Å². The van der Waals surface area contributed by atoms with Crippen molar-refractivity contribution < 1.29 is 9.90 Å². The molecule has 0 saturated heterocycles. The zero-order chi connectivity index (χ0) is 28.4. The Morgan fingerprint density at radius 3 is 2.23 bits per heavy atom. The molecule has 5 aromatic rings. The van der Waals surface area contributed by atoms with Gasteiger partial charge in [-0.15, -0.1) is 0 Å². The molecule has 202 valence electrons. The van der Waals surface area contributed by atoms with Gasteiger partial charge in [0.15, 0.2) is 5.78 Å². The van der Waals surface area contributed by atoms with Crippen LogP contribution in [0.1, 0.15) is 28.0 Å². The van der Waals surface area contributed by atoms with Gasteiger partial charge in [-0.1, -0.05) is 72.8 Å². The molecule has 0 aliphatic carbocycles. The smallest absolute Gasteiger partial charge is 0.295 e. The molecule has 2 N–H and O–H groups in total. The van der Waals surface area contributed by atoms with Crippen LogP contribution in [-0.2, 0) is 14.1 Å². The Balaban J connectivity index is 1.55. The van der Waals surface area contributed by atoms with Crippen molar-refractivity contribution in [1.29, 1.82) is 0 Å². The van der Waals surface area contributed by atoms with Gasteiger partial charge in [-0.25, -0.2) is 4.68 Å². The van der Waals surface area contributed by atoms with E-state index in [0.29, 0.717) is 28.0 Å². The van der Waals surface area contributed by atoms with Gasteiger partial charge in [0.05, 0.1) is 22.9 Å². The number of fused-ring (bicyclic) bond motifs is 1. The van der Waals surface area contributed by atoms with Gasteiger partial charge in [-0.2, -0.15) is 0 Å². The van der Waals surface area contributed by atoms with Crippen molar-refractivity contribution in [1.82, 2.24) is 13.9 Å². The van der Waals surface area contributed by atoms with Gasteiger partial charge in [0.1, 0.15) is 17.0 Å². The van der Waals surface area contributed by atoms with Crippen molar-refractivity contribution in [2.24, 2.45) is 14.1 Å². The molecule has 5 rings (SSSR count). The van der Waals surface area contributed by atoms with E-state index in [1.807, 2.05) is 73.7 Å². The summed E-state index contributed by atoms with van der Waals surface area (Å²) in [5, 5.41) is 14.6. The highest BCUT2D eigenvalue weighted by Gasteiger charge is 2.25. The fourth-order valence-electron chi connectivity index (χ4n) is 4.91. The molecule has 8 heteroatoms. The van der Waals surface area contributed by atoms with Gasteiger partial charge >= 0.3 is 0 Å². The Morgan fingerprint density at radius 2 is 1.52 bits per heavy atom. The highest BCUT2D eigenvalue weighted by molar-refractivity contribution is 6.04. The van der Waals surface area contributed by atoms with Crippen LogP contribution >= 0.6 is 0 Å². The van der Waals surface area contributed by atoms with Crippen molar-refractivity contribution in [3.05, 3.63) is 129 Å². The van der Waals surface area contributed by atoms with Crippen molar-refractivity contribution >= 4 is 28.4 Å². The van der Waals surface area contributed by atoms with Gasteiger partial charge in [0.25, 0.3) is 11.1 Å². The minimum absolute atomic E-state index is 0.163. The van der Waals surface area contributed by atoms with Gasteiger partial charge < -0.3 is 15.0 Å². The summed E-state index contributed by atoms with van der Waals surface area (Å²) in [5.74, 6) is -0.868. The quantitative estimate of drug-likeness (QED) is 0.279. The second kappa shape index (κ2) is 10.9. The molecule has 2 heterocycles. The Labute approximate surface area is 231 Å². The highest BCUT2D eigenvalue weighted by Crippen LogP contribution is 2.27. The normalized spacial score (nSPS) is 12.2. The maximum atomic E-state index is 13.6. The average Bonchev–Trinajstić information content (AvgIpc) is 3.18. The molecule has 0 radical (unpaired) electrons. The van der Waals surface area contributed by atoms with Crippen LogP contribution in [0.25, 0.3) is 22.7 Å². The van der Waals surface area contributed by atoms with Crippen LogP contribution in [0.2, 0.25) is 0 Å². The topological polar surface area (TPSA) is 98.3 Å². The summed E-state index contributed by atoms with van der Waals surface area (Å²) in [4.78, 5) is 40.3. The number of carbonyl (C=O) groups is 1. The van der Waals surface area contributed by atoms with Gasteiger partial charge in [-0.05, 0) is 36.8 Å². The third-order valence-electron chi connectivity index (χ3n) is 7.16. The number of aromatic hydroxyl groups is 1. The minimum atomic E-state index is -0.652. The number of anilines is 1. The zero-order valence-corrected chi connectivity index (χ0v) is 22.5. The standard InChI is InChI=1S/C32H30N4O4/c1-21-29(32(40)36(35(21)3)24-14-8-5-9-15-24)33-23(19-18-22-12-6-4-7-13-22)20-27(37)28-30(38)25-16-10-11-17-26(25)34(2)31(28)39/h4-19,23,33,38H,20H2,1-3H3/b19-18+. The number of aryl methyl sites for hydroxylation is 1. The Bertz CT molecular complexity index is 1850. The molecule has 40 heavy (non-hydrogen) atoms. The predicted molar refractivity (Wildman–Crippen MR) is 158 cm³/mol. The molecule has 0 saturated carbocycles. The van der Waals surface area contributed by atoms with E-state index in [4.69, 9.17) is 0 Å². The van der Waals surface area contributed by atoms with Gasteiger partial charge in [0, 0.05) is 25.9 Å². The third kappa shape index (κ3) is 4.87. The average molecular weight is 535 g/mol. The third-order valence-corrected chi connectivity index (χ3v) is 7.16. The number of rotatable bonds is 8. The van der Waals surface area contributed by atoms with Crippen LogP contribution in [0.5, 0.6) is 5.75 Å². The number of nitrogens with zero attached hydrogens (tertiary/aromatic N) is 3. The summed E-state index contributed by atoms with van der Waals surface area (Å²) in [6.07, 6.45) is 3.50. The van der Waals surface area contributed by atoms with E-state index in [9.17, 15) is 19.5 Å². The molecule has 0 aliphatic rings. The molecule has 1 atom stereocenters. The molecule has 2 aromatic heterocycles. The van der Waals surface area contributed by atoms with Crippen LogP contribution in [-0.4, -0.2) is 30.9 Å². The predicted octanol–water partition coefficient (Wildman–Crippen LogP) is 4.81. The lowest BCUT2D eigenvalue weighted by Gasteiger charge is -2.16. The zero-order valence-electron chi connectivity index (χ0n) is 22.5. The number of hydrogen-bond donors (Lipinski definition) is 2. The van der Waals surface area contributed by atoms with E-state index in [1.165, 1.54) is 4.57 Å². The number of Topliss-reactive ketones (excluding diaryl/α,β-unsaturated/α-hetero) is 1. The Kier molecular flexibility index (Phi) is 7.25. The first-order valence-electron chi connectivity index (χ1n) is 13.0. The number of hydrogen-bond acceptors (Lipinski definition) is 5. The second-order valence-electron chi connectivity index (χ2n) is 9.69. The van der Waals surface area contributed by atoms with Crippen LogP contribution in [0.4, 0.5) is 5.69 Å². The molecule has 0 fully saturated rings. The molecule has 0 amide bonds. The first kappa shape index (κ1) is 26.5. The van der Waals surface area contributed by atoms with E-state index < -0.39 is 17.4 Å². The van der Waals surface area contributed by atoms with E-state index >= 15 is 0 Å². The molecule has 0 aliphatic heterocycles. The first-order chi connectivity index (χ1) is 19.3. The largest absolute Gasteiger partial charge is 0.506 e. The highest BCUT2D eigenvalue weighted by atomic mass is 16.3. The van der Waals surface area contributed by atoms with E-state index in [1.54, 1.807) is 53.8 Å². The number of benzene rings is 3. The first-order valence-corrected chi connectivity index (χ1v) is 13.0. The molecule has 1 unspecified atom stereocenters. The summed E-state index contributed by atoms with van der Waals surface area (Å²) < 4.78 is 4.68. The lowest BCUT2D eigenvalue weighted by molar-refractivity contribution is 0.0976. The summed E-state index contributed by atoms with van der Waals surface area (Å²) in [7, 11) is 3.37. The van der Waals surface area contributed by atoms with Crippen LogP contribution in [0.3, 0.4) is 0 Å². The summed E-state index contributed by atoms with van der Waals surface area (Å²) >= 11 is 0. The monoisotopic (exact) mass is 534 g/mol. The number of pyridine rings is 1. The molecule has 0 bridgehead atoms. The molecular weight excluding hydrogens is 504 g/mol. The van der Waals surface area contributed by atoms with Crippen LogP contribution in [0, 0.1) is 6.92 Å². The second-order valence-corrected chi connectivity index (χ2v) is 9.69. The number of para-hydroxylation sites is 2. The van der Waals surface area contributed by atoms with E-state index in [2.05, 4.69) is 5.32 Å². The summed E-state index contributed by atoms with van der Waals surface area (Å²) in [6.45, 7) is 1.83. The van der Waals surface area contributed by atoms with Gasteiger partial charge in [-0.3, -0.25) is 19.1 Å². The lowest BCUT2D eigenvalue weighted by atomic mass is 10.0. The number of aromatic nitrogens is 3. The fourth-order valence-corrected chi connectivity index (χ4v) is 4.91. The lowest BCUT2D eigenvalue weighted by Crippen LogP contribution is -2.30.